The number of nitrogens with one attached hydrogen (secondary N) is 1. The van der Waals surface area contributed by atoms with Crippen molar-refractivity contribution in [3.63, 3.8) is 0 Å². The van der Waals surface area contributed by atoms with Crippen molar-refractivity contribution in [3.8, 4) is 0 Å². The van der Waals surface area contributed by atoms with Gasteiger partial charge in [-0.05, 0) is 26.0 Å². The topological polar surface area (TPSA) is 24.9 Å². The minimum Gasteiger partial charge on any atom is -0.362 e. The third-order valence-corrected chi connectivity index (χ3v) is 4.43. The Hall–Kier alpha value is -1.00. The van der Waals surface area contributed by atoms with E-state index in [1.165, 1.54) is 15.3 Å². The predicted molar refractivity (Wildman–Crippen MR) is 77.0 cm³/mol. The molecule has 0 saturated heterocycles. The first-order valence-corrected chi connectivity index (χ1v) is 7.46. The maximum Gasteiger partial charge on any atom is 0.182 e. The van der Waals surface area contributed by atoms with Crippen LogP contribution in [0.3, 0.4) is 0 Å². The first-order valence-electron chi connectivity index (χ1n) is 5.66. The quantitative estimate of drug-likeness (QED) is 0.820. The Morgan fingerprint density at radius 2 is 2.29 bits per heavy atom. The first-order chi connectivity index (χ1) is 8.28. The van der Waals surface area contributed by atoms with Crippen LogP contribution >= 0.6 is 23.1 Å². The van der Waals surface area contributed by atoms with Gasteiger partial charge >= 0.3 is 0 Å². The van der Waals surface area contributed by atoms with Gasteiger partial charge in [0.2, 0.25) is 0 Å². The van der Waals surface area contributed by atoms with E-state index in [1.54, 1.807) is 11.3 Å². The zero-order chi connectivity index (χ0) is 12.1. The molecule has 4 heteroatoms. The Balaban J connectivity index is 1.93. The van der Waals surface area contributed by atoms with E-state index in [0.717, 1.165) is 17.4 Å². The highest BCUT2D eigenvalue weighted by atomic mass is 32.2. The molecule has 0 aliphatic heterocycles. The molecule has 1 N–H and O–H groups in total. The van der Waals surface area contributed by atoms with Crippen LogP contribution in [0.1, 0.15) is 17.4 Å². The van der Waals surface area contributed by atoms with Crippen LogP contribution in [-0.2, 0) is 5.75 Å². The fraction of sp³-hybridized carbons (Fsp3) is 0.308. The van der Waals surface area contributed by atoms with Gasteiger partial charge in [-0.25, -0.2) is 4.98 Å². The fourth-order valence-electron chi connectivity index (χ4n) is 1.47. The zero-order valence-electron chi connectivity index (χ0n) is 10.1. The molecule has 2 rings (SSSR count). The van der Waals surface area contributed by atoms with Crippen LogP contribution in [0.5, 0.6) is 0 Å². The summed E-state index contributed by atoms with van der Waals surface area (Å²) in [5.41, 5.74) is 1.31. The van der Waals surface area contributed by atoms with Crippen molar-refractivity contribution in [2.24, 2.45) is 0 Å². The summed E-state index contributed by atoms with van der Waals surface area (Å²) in [5, 5.41) is 4.25. The molecule has 0 saturated carbocycles. The molecular formula is C13H16N2S2. The third-order valence-electron chi connectivity index (χ3n) is 2.25. The second-order valence-corrected chi connectivity index (χ2v) is 5.93. The van der Waals surface area contributed by atoms with Gasteiger partial charge in [-0.2, -0.15) is 0 Å². The molecule has 1 aromatic heterocycles. The summed E-state index contributed by atoms with van der Waals surface area (Å²) in [6.07, 6.45) is 1.96. The maximum absolute atomic E-state index is 4.33. The molecule has 1 heterocycles. The molecule has 0 atom stereocenters. The van der Waals surface area contributed by atoms with E-state index in [-0.39, 0.29) is 0 Å². The Labute approximate surface area is 110 Å². The normalized spacial score (nSPS) is 10.5. The molecule has 0 aliphatic carbocycles. The summed E-state index contributed by atoms with van der Waals surface area (Å²) in [6, 6.07) is 8.61. The minimum atomic E-state index is 0.929. The van der Waals surface area contributed by atoms with Gasteiger partial charge in [-0.15, -0.1) is 23.1 Å². The van der Waals surface area contributed by atoms with Gasteiger partial charge in [0.25, 0.3) is 0 Å². The molecule has 2 aromatic rings. The van der Waals surface area contributed by atoms with Crippen molar-refractivity contribution in [2.45, 2.75) is 24.5 Å². The molecular weight excluding hydrogens is 248 g/mol. The number of hydrogen-bond acceptors (Lipinski definition) is 4. The van der Waals surface area contributed by atoms with Crippen molar-refractivity contribution in [2.75, 3.05) is 11.9 Å². The van der Waals surface area contributed by atoms with Gasteiger partial charge in [0, 0.05) is 28.3 Å². The minimum absolute atomic E-state index is 0.929. The SMILES string of the molecule is CCNc1ncc(CSc2cccc(C)c2)s1. The molecule has 0 amide bonds. The summed E-state index contributed by atoms with van der Waals surface area (Å²) in [5.74, 6) is 0.993. The van der Waals surface area contributed by atoms with Crippen molar-refractivity contribution in [3.05, 3.63) is 40.9 Å². The van der Waals surface area contributed by atoms with Gasteiger partial charge in [-0.1, -0.05) is 17.7 Å². The number of thioether (sulfide) groups is 1. The Bertz CT molecular complexity index is 480. The van der Waals surface area contributed by atoms with E-state index in [2.05, 4.69) is 48.4 Å². The fourth-order valence-corrected chi connectivity index (χ4v) is 3.38. The van der Waals surface area contributed by atoms with Crippen molar-refractivity contribution in [1.82, 2.24) is 4.98 Å². The number of rotatable bonds is 5. The average Bonchev–Trinajstić information content (AvgIpc) is 2.75. The zero-order valence-corrected chi connectivity index (χ0v) is 11.7. The highest BCUT2D eigenvalue weighted by Crippen LogP contribution is 2.27. The summed E-state index contributed by atoms with van der Waals surface area (Å²) in [7, 11) is 0. The largest absolute Gasteiger partial charge is 0.362 e. The third kappa shape index (κ3) is 3.75. The van der Waals surface area contributed by atoms with Crippen LogP contribution in [0.25, 0.3) is 0 Å². The van der Waals surface area contributed by atoms with Gasteiger partial charge in [0.1, 0.15) is 0 Å². The van der Waals surface area contributed by atoms with Crippen molar-refractivity contribution < 1.29 is 0 Å². The van der Waals surface area contributed by atoms with E-state index < -0.39 is 0 Å². The van der Waals surface area contributed by atoms with Crippen LogP contribution < -0.4 is 5.32 Å². The van der Waals surface area contributed by atoms with Crippen LogP contribution in [0, 0.1) is 6.92 Å². The van der Waals surface area contributed by atoms with E-state index in [4.69, 9.17) is 0 Å². The van der Waals surface area contributed by atoms with Crippen LogP contribution in [0.4, 0.5) is 5.13 Å². The van der Waals surface area contributed by atoms with E-state index >= 15 is 0 Å². The van der Waals surface area contributed by atoms with Gasteiger partial charge in [-0.3, -0.25) is 0 Å². The summed E-state index contributed by atoms with van der Waals surface area (Å²) in [6.45, 7) is 5.14. The van der Waals surface area contributed by atoms with Crippen molar-refractivity contribution in [1.29, 1.82) is 0 Å². The van der Waals surface area contributed by atoms with Crippen LogP contribution in [-0.4, -0.2) is 11.5 Å². The van der Waals surface area contributed by atoms with Gasteiger partial charge in [0.05, 0.1) is 0 Å². The van der Waals surface area contributed by atoms with Crippen molar-refractivity contribution >= 4 is 28.2 Å². The predicted octanol–water partition coefficient (Wildman–Crippen LogP) is 4.18. The molecule has 90 valence electrons. The standard InChI is InChI=1S/C13H16N2S2/c1-3-14-13-15-8-12(17-13)9-16-11-6-4-5-10(2)7-11/h4-8H,3,9H2,1-2H3,(H,14,15). The molecule has 0 fully saturated rings. The maximum atomic E-state index is 4.33. The molecule has 0 bridgehead atoms. The van der Waals surface area contributed by atoms with E-state index in [1.807, 2.05) is 18.0 Å². The molecule has 17 heavy (non-hydrogen) atoms. The highest BCUT2D eigenvalue weighted by Gasteiger charge is 2.02. The smallest absolute Gasteiger partial charge is 0.182 e. The van der Waals surface area contributed by atoms with Crippen LogP contribution in [0.2, 0.25) is 0 Å². The second kappa shape index (κ2) is 6.07. The Morgan fingerprint density at radius 3 is 3.06 bits per heavy atom. The summed E-state index contributed by atoms with van der Waals surface area (Å²) >= 11 is 3.60. The summed E-state index contributed by atoms with van der Waals surface area (Å²) < 4.78 is 0. The molecule has 0 unspecified atom stereocenters. The molecule has 0 aliphatic rings. The van der Waals surface area contributed by atoms with Crippen LogP contribution in [0.15, 0.2) is 35.4 Å². The highest BCUT2D eigenvalue weighted by molar-refractivity contribution is 7.98. The Kier molecular flexibility index (Phi) is 4.45. The number of aryl methyl sites for hydroxylation is 1. The second-order valence-electron chi connectivity index (χ2n) is 3.77. The first kappa shape index (κ1) is 12.5. The lowest BCUT2D eigenvalue weighted by atomic mass is 10.2. The Morgan fingerprint density at radius 1 is 1.41 bits per heavy atom. The lowest BCUT2D eigenvalue weighted by molar-refractivity contribution is 1.19. The van der Waals surface area contributed by atoms with E-state index in [0.29, 0.717) is 0 Å². The molecule has 2 nitrogen and oxygen atoms in total. The lowest BCUT2D eigenvalue weighted by Gasteiger charge is -2.00. The number of hydrogen-bond donors (Lipinski definition) is 1. The lowest BCUT2D eigenvalue weighted by Crippen LogP contribution is -1.94. The summed E-state index contributed by atoms with van der Waals surface area (Å²) in [4.78, 5) is 6.96. The number of nitrogens with zero attached hydrogens (tertiary/aromatic N) is 1. The molecule has 1 aromatic carbocycles. The number of thiazole rings is 1. The number of anilines is 1. The monoisotopic (exact) mass is 264 g/mol. The number of benzene rings is 1. The molecule has 0 spiro atoms. The molecule has 0 radical (unpaired) electrons. The van der Waals surface area contributed by atoms with E-state index in [9.17, 15) is 0 Å². The average molecular weight is 264 g/mol. The number of aromatic nitrogens is 1. The van der Waals surface area contributed by atoms with Gasteiger partial charge < -0.3 is 5.32 Å². The van der Waals surface area contributed by atoms with Gasteiger partial charge in [0.15, 0.2) is 5.13 Å².